The van der Waals surface area contributed by atoms with Gasteiger partial charge in [-0.05, 0) is 22.0 Å². The van der Waals surface area contributed by atoms with Crippen LogP contribution in [0, 0.1) is 0 Å². The fraction of sp³-hybridized carbons (Fsp3) is 0. The summed E-state index contributed by atoms with van der Waals surface area (Å²) in [6.45, 7) is 0. The number of carbonyl (C=O) groups is 1. The highest BCUT2D eigenvalue weighted by molar-refractivity contribution is 9.10. The second-order valence-electron chi connectivity index (χ2n) is 3.38. The van der Waals surface area contributed by atoms with Gasteiger partial charge in [-0.1, -0.05) is 11.6 Å². The van der Waals surface area contributed by atoms with Crippen molar-refractivity contribution in [3.8, 4) is 0 Å². The zero-order valence-corrected chi connectivity index (χ0v) is 11.7. The first-order valence-electron chi connectivity index (χ1n) is 5.01. The number of halogens is 2. The molecule has 7 nitrogen and oxygen atoms in total. The molecule has 1 amide bonds. The predicted molar refractivity (Wildman–Crippen MR) is 74.7 cm³/mol. The highest BCUT2D eigenvalue weighted by atomic mass is 79.9. The van der Waals surface area contributed by atoms with Crippen LogP contribution in [0.1, 0.15) is 10.4 Å². The number of amides is 1. The van der Waals surface area contributed by atoms with Gasteiger partial charge in [-0.15, -0.1) is 0 Å². The van der Waals surface area contributed by atoms with Gasteiger partial charge >= 0.3 is 0 Å². The largest absolute Gasteiger partial charge is 0.307 e. The summed E-state index contributed by atoms with van der Waals surface area (Å²) in [5, 5.41) is 2.81. The monoisotopic (exact) mass is 342 g/mol. The number of aromatic nitrogens is 3. The number of hydrogen-bond donors (Lipinski definition) is 3. The molecule has 4 N–H and O–H groups in total. The Balaban J connectivity index is 2.16. The fourth-order valence-corrected chi connectivity index (χ4v) is 1.66. The Morgan fingerprint density at radius 3 is 2.63 bits per heavy atom. The second-order valence-corrected chi connectivity index (χ2v) is 4.60. The number of nitrogen functional groups attached to an aromatic ring is 1. The minimum Gasteiger partial charge on any atom is -0.307 e. The quantitative estimate of drug-likeness (QED) is 0.580. The van der Waals surface area contributed by atoms with Gasteiger partial charge in [0.15, 0.2) is 11.6 Å². The van der Waals surface area contributed by atoms with Gasteiger partial charge in [0.1, 0.15) is 4.60 Å². The van der Waals surface area contributed by atoms with Gasteiger partial charge in [0.2, 0.25) is 0 Å². The maximum absolute atomic E-state index is 11.9. The number of pyridine rings is 1. The SMILES string of the molecule is NNc1ncc(C(=O)Nc2cnc(Br)cn2)cc1Cl. The Bertz CT molecular complexity index is 605. The molecule has 0 aliphatic rings. The molecule has 2 rings (SSSR count). The molecule has 0 radical (unpaired) electrons. The first-order valence-corrected chi connectivity index (χ1v) is 6.18. The average molecular weight is 344 g/mol. The summed E-state index contributed by atoms with van der Waals surface area (Å²) >= 11 is 9.03. The van der Waals surface area contributed by atoms with Gasteiger partial charge in [0.05, 0.1) is 23.0 Å². The highest BCUT2D eigenvalue weighted by Gasteiger charge is 2.10. The van der Waals surface area contributed by atoms with E-state index in [-0.39, 0.29) is 10.6 Å². The topological polar surface area (TPSA) is 106 Å². The Hall–Kier alpha value is -1.77. The molecule has 0 bridgehead atoms. The van der Waals surface area contributed by atoms with Crippen LogP contribution in [0.4, 0.5) is 11.6 Å². The average Bonchev–Trinajstić information content (AvgIpc) is 2.41. The molecule has 0 saturated heterocycles. The summed E-state index contributed by atoms with van der Waals surface area (Å²) < 4.78 is 0.577. The summed E-state index contributed by atoms with van der Waals surface area (Å²) in [5.41, 5.74) is 2.60. The van der Waals surface area contributed by atoms with Crippen LogP contribution in [-0.4, -0.2) is 20.9 Å². The number of rotatable bonds is 3. The Morgan fingerprint density at radius 1 is 1.26 bits per heavy atom. The lowest BCUT2D eigenvalue weighted by molar-refractivity contribution is 0.102. The molecule has 2 aromatic heterocycles. The van der Waals surface area contributed by atoms with E-state index in [0.29, 0.717) is 16.2 Å². The smallest absolute Gasteiger partial charge is 0.258 e. The van der Waals surface area contributed by atoms with Gasteiger partial charge < -0.3 is 10.7 Å². The molecule has 0 aromatic carbocycles. The maximum Gasteiger partial charge on any atom is 0.258 e. The van der Waals surface area contributed by atoms with E-state index in [1.807, 2.05) is 0 Å². The molecule has 0 atom stereocenters. The van der Waals surface area contributed by atoms with Gasteiger partial charge in [-0.3, -0.25) is 4.79 Å². The summed E-state index contributed by atoms with van der Waals surface area (Å²) in [7, 11) is 0. The van der Waals surface area contributed by atoms with E-state index in [2.05, 4.69) is 41.6 Å². The van der Waals surface area contributed by atoms with Crippen molar-refractivity contribution in [3.63, 3.8) is 0 Å². The van der Waals surface area contributed by atoms with E-state index in [9.17, 15) is 4.79 Å². The van der Waals surface area contributed by atoms with Gasteiger partial charge in [0.25, 0.3) is 5.91 Å². The number of anilines is 2. The highest BCUT2D eigenvalue weighted by Crippen LogP contribution is 2.19. The van der Waals surface area contributed by atoms with Crippen molar-refractivity contribution < 1.29 is 4.79 Å². The molecule has 0 saturated carbocycles. The Kier molecular flexibility index (Phi) is 4.25. The molecular formula is C10H8BrClN6O. The number of hydrazine groups is 1. The van der Waals surface area contributed by atoms with Crippen molar-refractivity contribution in [1.82, 2.24) is 15.0 Å². The molecular weight excluding hydrogens is 336 g/mol. The Labute approximate surface area is 121 Å². The van der Waals surface area contributed by atoms with E-state index < -0.39 is 5.91 Å². The van der Waals surface area contributed by atoms with Crippen LogP contribution in [0.25, 0.3) is 0 Å². The zero-order valence-electron chi connectivity index (χ0n) is 9.39. The molecule has 19 heavy (non-hydrogen) atoms. The van der Waals surface area contributed by atoms with Crippen molar-refractivity contribution in [1.29, 1.82) is 0 Å². The van der Waals surface area contributed by atoms with Crippen LogP contribution in [0.3, 0.4) is 0 Å². The first kappa shape index (κ1) is 13.7. The second kappa shape index (κ2) is 5.91. The van der Waals surface area contributed by atoms with Crippen LogP contribution >= 0.6 is 27.5 Å². The molecule has 0 aliphatic heterocycles. The summed E-state index contributed by atoms with van der Waals surface area (Å²) in [6.07, 6.45) is 4.25. The summed E-state index contributed by atoms with van der Waals surface area (Å²) in [4.78, 5) is 23.7. The molecule has 0 spiro atoms. The number of nitrogens with zero attached hydrogens (tertiary/aromatic N) is 3. The molecule has 0 unspecified atom stereocenters. The van der Waals surface area contributed by atoms with Crippen LogP contribution in [0.5, 0.6) is 0 Å². The zero-order chi connectivity index (χ0) is 13.8. The first-order chi connectivity index (χ1) is 9.10. The number of hydrogen-bond acceptors (Lipinski definition) is 6. The minimum absolute atomic E-state index is 0.247. The Morgan fingerprint density at radius 2 is 2.05 bits per heavy atom. The van der Waals surface area contributed by atoms with Crippen molar-refractivity contribution in [2.45, 2.75) is 0 Å². The lowest BCUT2D eigenvalue weighted by Crippen LogP contribution is -2.15. The van der Waals surface area contributed by atoms with E-state index in [1.54, 1.807) is 0 Å². The van der Waals surface area contributed by atoms with Crippen LogP contribution < -0.4 is 16.6 Å². The molecule has 2 heterocycles. The van der Waals surface area contributed by atoms with Crippen molar-refractivity contribution >= 4 is 45.1 Å². The van der Waals surface area contributed by atoms with Crippen molar-refractivity contribution in [3.05, 3.63) is 39.8 Å². The molecule has 0 fully saturated rings. The van der Waals surface area contributed by atoms with Crippen LogP contribution in [0.2, 0.25) is 5.02 Å². The third kappa shape index (κ3) is 3.37. The normalized spacial score (nSPS) is 10.1. The van der Waals surface area contributed by atoms with E-state index >= 15 is 0 Å². The lowest BCUT2D eigenvalue weighted by atomic mass is 10.2. The van der Waals surface area contributed by atoms with Crippen LogP contribution in [-0.2, 0) is 0 Å². The van der Waals surface area contributed by atoms with Gasteiger partial charge in [-0.2, -0.15) is 0 Å². The molecule has 0 aliphatic carbocycles. The standard InChI is InChI=1S/C10H8BrClN6O/c11-7-3-15-8(4-14-7)17-10(19)5-1-6(12)9(18-13)16-2-5/h1-4H,13H2,(H,16,18)(H,15,17,19). The van der Waals surface area contributed by atoms with E-state index in [0.717, 1.165) is 0 Å². The number of nitrogens with one attached hydrogen (secondary N) is 2. The number of carbonyl (C=O) groups excluding carboxylic acids is 1. The van der Waals surface area contributed by atoms with Gasteiger partial charge in [0, 0.05) is 6.20 Å². The third-order valence-corrected chi connectivity index (χ3v) is 2.80. The number of nitrogens with two attached hydrogens (primary N) is 1. The van der Waals surface area contributed by atoms with Crippen molar-refractivity contribution in [2.24, 2.45) is 5.84 Å². The molecule has 9 heteroatoms. The fourth-order valence-electron chi connectivity index (χ4n) is 1.23. The molecule has 2 aromatic rings. The lowest BCUT2D eigenvalue weighted by Gasteiger charge is -2.06. The maximum atomic E-state index is 11.9. The van der Waals surface area contributed by atoms with Crippen LogP contribution in [0.15, 0.2) is 29.3 Å². The minimum atomic E-state index is -0.394. The summed E-state index contributed by atoms with van der Waals surface area (Å²) in [5.74, 6) is 5.42. The predicted octanol–water partition coefficient (Wildman–Crippen LogP) is 1.83. The molecule has 98 valence electrons. The summed E-state index contributed by atoms with van der Waals surface area (Å²) in [6, 6.07) is 1.45. The van der Waals surface area contributed by atoms with Crippen molar-refractivity contribution in [2.75, 3.05) is 10.7 Å². The van der Waals surface area contributed by atoms with E-state index in [1.165, 1.54) is 24.7 Å². The third-order valence-electron chi connectivity index (χ3n) is 2.10. The van der Waals surface area contributed by atoms with Gasteiger partial charge in [-0.25, -0.2) is 20.8 Å². The van der Waals surface area contributed by atoms with E-state index in [4.69, 9.17) is 17.4 Å².